The number of phenolic OH excluding ortho intramolecular Hbond substituents is 1. The monoisotopic (exact) mass is 245 g/mol. The second-order valence-corrected chi connectivity index (χ2v) is 3.75. The quantitative estimate of drug-likeness (QED) is 0.602. The van der Waals surface area contributed by atoms with E-state index < -0.39 is 5.82 Å². The normalized spacial score (nSPS) is 10.9. The summed E-state index contributed by atoms with van der Waals surface area (Å²) in [5.74, 6) is -0.499. The van der Waals surface area contributed by atoms with E-state index in [4.69, 9.17) is 5.73 Å². The van der Waals surface area contributed by atoms with Gasteiger partial charge in [0.25, 0.3) is 0 Å². The molecular formula is C11H8FN5O. The SMILES string of the molecule is Nc1ncnc2[nH]nc(-c3cc(O)cc(F)c3)c12. The minimum Gasteiger partial charge on any atom is -0.508 e. The highest BCUT2D eigenvalue weighted by molar-refractivity contribution is 5.97. The summed E-state index contributed by atoms with van der Waals surface area (Å²) in [6.45, 7) is 0. The molecule has 3 rings (SSSR count). The number of hydrogen-bond donors (Lipinski definition) is 3. The lowest BCUT2D eigenvalue weighted by molar-refractivity contribution is 0.469. The molecule has 1 aromatic carbocycles. The van der Waals surface area contributed by atoms with Gasteiger partial charge < -0.3 is 10.8 Å². The molecule has 4 N–H and O–H groups in total. The Morgan fingerprint density at radius 2 is 2.06 bits per heavy atom. The Bertz CT molecular complexity index is 719. The average molecular weight is 245 g/mol. The van der Waals surface area contributed by atoms with E-state index in [0.717, 1.165) is 6.07 Å². The summed E-state index contributed by atoms with van der Waals surface area (Å²) in [5.41, 5.74) is 7.01. The van der Waals surface area contributed by atoms with Gasteiger partial charge in [0.1, 0.15) is 29.4 Å². The number of benzene rings is 1. The maximum atomic E-state index is 13.3. The Labute approximate surface area is 100 Å². The van der Waals surface area contributed by atoms with Gasteiger partial charge in [-0.25, -0.2) is 14.4 Å². The van der Waals surface area contributed by atoms with Crippen LogP contribution in [-0.4, -0.2) is 25.3 Å². The summed E-state index contributed by atoms with van der Waals surface area (Å²) in [4.78, 5) is 7.83. The van der Waals surface area contributed by atoms with Gasteiger partial charge in [0.05, 0.1) is 5.39 Å². The molecule has 0 atom stereocenters. The van der Waals surface area contributed by atoms with Gasteiger partial charge in [0.15, 0.2) is 5.65 Å². The summed E-state index contributed by atoms with van der Waals surface area (Å²) >= 11 is 0. The van der Waals surface area contributed by atoms with Gasteiger partial charge >= 0.3 is 0 Å². The van der Waals surface area contributed by atoms with Crippen LogP contribution in [0.3, 0.4) is 0 Å². The minimum atomic E-state index is -0.559. The molecule has 3 aromatic rings. The highest BCUT2D eigenvalue weighted by Gasteiger charge is 2.14. The van der Waals surface area contributed by atoms with Crippen LogP contribution < -0.4 is 5.73 Å². The van der Waals surface area contributed by atoms with Crippen LogP contribution in [0.25, 0.3) is 22.3 Å². The molecule has 0 saturated heterocycles. The third kappa shape index (κ3) is 1.53. The number of nitrogens with one attached hydrogen (secondary N) is 1. The van der Waals surface area contributed by atoms with Crippen molar-refractivity contribution in [3.05, 3.63) is 30.3 Å². The molecule has 0 saturated carbocycles. The first-order chi connectivity index (χ1) is 8.65. The van der Waals surface area contributed by atoms with Crippen LogP contribution in [0.2, 0.25) is 0 Å². The fourth-order valence-corrected chi connectivity index (χ4v) is 1.80. The Balaban J connectivity index is 2.31. The van der Waals surface area contributed by atoms with Gasteiger partial charge in [0.2, 0.25) is 0 Å². The smallest absolute Gasteiger partial charge is 0.161 e. The van der Waals surface area contributed by atoms with Crippen molar-refractivity contribution >= 4 is 16.9 Å². The molecule has 0 aliphatic carbocycles. The summed E-state index contributed by atoms with van der Waals surface area (Å²) in [6, 6.07) is 3.66. The van der Waals surface area contributed by atoms with Crippen molar-refractivity contribution in [2.75, 3.05) is 5.73 Å². The number of aromatic hydroxyl groups is 1. The third-order valence-corrected chi connectivity index (χ3v) is 2.54. The first-order valence-corrected chi connectivity index (χ1v) is 5.09. The van der Waals surface area contributed by atoms with Crippen molar-refractivity contribution in [1.82, 2.24) is 20.2 Å². The van der Waals surface area contributed by atoms with Crippen molar-refractivity contribution < 1.29 is 9.50 Å². The van der Waals surface area contributed by atoms with Crippen LogP contribution >= 0.6 is 0 Å². The Morgan fingerprint density at radius 1 is 1.22 bits per heavy atom. The Hall–Kier alpha value is -2.70. The summed E-state index contributed by atoms with van der Waals surface area (Å²) in [7, 11) is 0. The number of aromatic amines is 1. The second kappa shape index (κ2) is 3.66. The molecule has 0 amide bonds. The number of hydrogen-bond acceptors (Lipinski definition) is 5. The van der Waals surface area contributed by atoms with Gasteiger partial charge in [-0.1, -0.05) is 0 Å². The number of anilines is 1. The van der Waals surface area contributed by atoms with Crippen LogP contribution in [0.5, 0.6) is 5.75 Å². The number of H-pyrrole nitrogens is 1. The molecule has 0 fully saturated rings. The van der Waals surface area contributed by atoms with Crippen molar-refractivity contribution in [2.45, 2.75) is 0 Å². The van der Waals surface area contributed by atoms with Crippen molar-refractivity contribution in [2.24, 2.45) is 0 Å². The van der Waals surface area contributed by atoms with Crippen LogP contribution in [0, 0.1) is 5.82 Å². The fourth-order valence-electron chi connectivity index (χ4n) is 1.80. The highest BCUT2D eigenvalue weighted by Crippen LogP contribution is 2.30. The molecule has 7 heteroatoms. The zero-order valence-corrected chi connectivity index (χ0v) is 9.05. The number of halogens is 1. The lowest BCUT2D eigenvalue weighted by atomic mass is 10.1. The van der Waals surface area contributed by atoms with Gasteiger partial charge in [0, 0.05) is 11.6 Å². The van der Waals surface area contributed by atoms with Crippen LogP contribution in [0.4, 0.5) is 10.2 Å². The van der Waals surface area contributed by atoms with E-state index in [-0.39, 0.29) is 11.6 Å². The predicted molar refractivity (Wildman–Crippen MR) is 63.2 cm³/mol. The molecule has 90 valence electrons. The molecule has 0 radical (unpaired) electrons. The minimum absolute atomic E-state index is 0.184. The topological polar surface area (TPSA) is 101 Å². The number of nitrogen functional groups attached to an aromatic ring is 1. The molecule has 0 spiro atoms. The highest BCUT2D eigenvalue weighted by atomic mass is 19.1. The zero-order chi connectivity index (χ0) is 12.7. The van der Waals surface area contributed by atoms with E-state index in [2.05, 4.69) is 20.2 Å². The van der Waals surface area contributed by atoms with Gasteiger partial charge in [-0.2, -0.15) is 5.10 Å². The van der Waals surface area contributed by atoms with E-state index in [1.54, 1.807) is 0 Å². The van der Waals surface area contributed by atoms with E-state index in [1.807, 2.05) is 0 Å². The van der Waals surface area contributed by atoms with Gasteiger partial charge in [-0.3, -0.25) is 5.10 Å². The zero-order valence-electron chi connectivity index (χ0n) is 9.05. The van der Waals surface area contributed by atoms with E-state index in [9.17, 15) is 9.50 Å². The van der Waals surface area contributed by atoms with Gasteiger partial charge in [-0.05, 0) is 12.1 Å². The Kier molecular flexibility index (Phi) is 2.12. The molecule has 18 heavy (non-hydrogen) atoms. The standard InChI is InChI=1S/C11H8FN5O/c12-6-1-5(2-7(18)3-6)9-8-10(13)14-4-15-11(8)17-16-9/h1-4,18H,(H3,13,14,15,16,17). The molecule has 2 heterocycles. The molecular weight excluding hydrogens is 237 g/mol. The number of nitrogens with zero attached hydrogens (tertiary/aromatic N) is 3. The van der Waals surface area contributed by atoms with E-state index >= 15 is 0 Å². The predicted octanol–water partition coefficient (Wildman–Crippen LogP) is 1.45. The molecule has 0 bridgehead atoms. The largest absolute Gasteiger partial charge is 0.508 e. The molecule has 0 aliphatic rings. The number of nitrogens with two attached hydrogens (primary N) is 1. The van der Waals surface area contributed by atoms with Crippen LogP contribution in [0.1, 0.15) is 0 Å². The summed E-state index contributed by atoms with van der Waals surface area (Å²) < 4.78 is 13.3. The second-order valence-electron chi connectivity index (χ2n) is 3.75. The third-order valence-electron chi connectivity index (χ3n) is 2.54. The first kappa shape index (κ1) is 10.5. The fraction of sp³-hybridized carbons (Fsp3) is 0. The van der Waals surface area contributed by atoms with Crippen LogP contribution in [-0.2, 0) is 0 Å². The lowest BCUT2D eigenvalue weighted by Crippen LogP contribution is -1.92. The molecule has 2 aromatic heterocycles. The van der Waals surface area contributed by atoms with Crippen molar-refractivity contribution in [3.63, 3.8) is 0 Å². The molecule has 0 aliphatic heterocycles. The first-order valence-electron chi connectivity index (χ1n) is 5.09. The number of aromatic nitrogens is 4. The summed E-state index contributed by atoms with van der Waals surface area (Å²) in [5, 5.41) is 16.6. The number of phenols is 1. The van der Waals surface area contributed by atoms with E-state index in [1.165, 1.54) is 18.5 Å². The molecule has 0 unspecified atom stereocenters. The van der Waals surface area contributed by atoms with E-state index in [0.29, 0.717) is 22.3 Å². The number of fused-ring (bicyclic) bond motifs is 1. The van der Waals surface area contributed by atoms with Gasteiger partial charge in [-0.15, -0.1) is 0 Å². The average Bonchev–Trinajstić information content (AvgIpc) is 2.73. The van der Waals surface area contributed by atoms with Crippen LogP contribution in [0.15, 0.2) is 24.5 Å². The number of rotatable bonds is 1. The maximum absolute atomic E-state index is 13.3. The molecule has 6 nitrogen and oxygen atoms in total. The summed E-state index contributed by atoms with van der Waals surface area (Å²) in [6.07, 6.45) is 1.31. The maximum Gasteiger partial charge on any atom is 0.161 e. The lowest BCUT2D eigenvalue weighted by Gasteiger charge is -2.01. The Morgan fingerprint density at radius 3 is 2.83 bits per heavy atom. The van der Waals surface area contributed by atoms with Crippen molar-refractivity contribution in [3.8, 4) is 17.0 Å². The van der Waals surface area contributed by atoms with Crippen molar-refractivity contribution in [1.29, 1.82) is 0 Å².